The second-order valence-electron chi connectivity index (χ2n) is 4.65. The first-order chi connectivity index (χ1) is 7.24. The number of hydrogen-bond acceptors (Lipinski definition) is 1. The number of rotatable bonds is 2. The Morgan fingerprint density at radius 1 is 1.27 bits per heavy atom. The lowest BCUT2D eigenvalue weighted by Crippen LogP contribution is -2.32. The van der Waals surface area contributed by atoms with Crippen LogP contribution < -0.4 is 0 Å². The van der Waals surface area contributed by atoms with E-state index in [2.05, 4.69) is 55.2 Å². The molecule has 1 aromatic carbocycles. The van der Waals surface area contributed by atoms with Gasteiger partial charge in [-0.3, -0.25) is 4.90 Å². The Morgan fingerprint density at radius 2 is 2.00 bits per heavy atom. The Kier molecular flexibility index (Phi) is 3.22. The highest BCUT2D eigenvalue weighted by molar-refractivity contribution is 5.16. The van der Waals surface area contributed by atoms with Crippen LogP contribution in [0.1, 0.15) is 19.4 Å². The molecule has 15 heavy (non-hydrogen) atoms. The van der Waals surface area contributed by atoms with Crippen molar-refractivity contribution in [1.29, 1.82) is 0 Å². The van der Waals surface area contributed by atoms with Gasteiger partial charge < -0.3 is 0 Å². The quantitative estimate of drug-likeness (QED) is 0.665. The van der Waals surface area contributed by atoms with Gasteiger partial charge >= 0.3 is 0 Å². The normalized spacial score (nSPS) is 22.5. The highest BCUT2D eigenvalue weighted by atomic mass is 15.1. The Bertz CT molecular complexity index is 340. The molecule has 0 spiro atoms. The van der Waals surface area contributed by atoms with Crippen LogP contribution in [0.5, 0.6) is 0 Å². The lowest BCUT2D eigenvalue weighted by Gasteiger charge is -2.29. The minimum atomic E-state index is 0.697. The van der Waals surface area contributed by atoms with E-state index in [1.807, 2.05) is 0 Å². The number of benzene rings is 1. The van der Waals surface area contributed by atoms with Crippen molar-refractivity contribution in [3.8, 4) is 0 Å². The minimum Gasteiger partial charge on any atom is -0.295 e. The maximum atomic E-state index is 2.52. The van der Waals surface area contributed by atoms with Crippen LogP contribution >= 0.6 is 0 Å². The summed E-state index contributed by atoms with van der Waals surface area (Å²) in [5, 5.41) is 0. The van der Waals surface area contributed by atoms with Crippen molar-refractivity contribution < 1.29 is 0 Å². The summed E-state index contributed by atoms with van der Waals surface area (Å²) in [4.78, 5) is 2.52. The Balaban J connectivity index is 1.99. The summed E-state index contributed by atoms with van der Waals surface area (Å²) >= 11 is 0. The van der Waals surface area contributed by atoms with Crippen molar-refractivity contribution >= 4 is 0 Å². The fourth-order valence-electron chi connectivity index (χ4n) is 2.38. The van der Waals surface area contributed by atoms with Gasteiger partial charge in [0, 0.05) is 19.6 Å². The van der Waals surface area contributed by atoms with E-state index >= 15 is 0 Å². The first-order valence-electron chi connectivity index (χ1n) is 5.67. The zero-order valence-electron chi connectivity index (χ0n) is 9.61. The average molecular weight is 201 g/mol. The fourth-order valence-corrected chi connectivity index (χ4v) is 2.38. The minimum absolute atomic E-state index is 0.697. The third-order valence-electron chi connectivity index (χ3n) is 2.84. The van der Waals surface area contributed by atoms with Gasteiger partial charge in [-0.25, -0.2) is 0 Å². The zero-order valence-corrected chi connectivity index (χ0v) is 9.61. The van der Waals surface area contributed by atoms with Crippen LogP contribution in [0.25, 0.3) is 0 Å². The molecule has 1 unspecified atom stereocenters. The molecule has 1 nitrogen and oxygen atoms in total. The number of nitrogens with zero attached hydrogens (tertiary/aromatic N) is 1. The molecule has 0 saturated carbocycles. The molecule has 1 aromatic rings. The Morgan fingerprint density at radius 3 is 2.67 bits per heavy atom. The van der Waals surface area contributed by atoms with Crippen LogP contribution in [0.2, 0.25) is 0 Å². The molecule has 80 valence electrons. The molecule has 1 aliphatic rings. The smallest absolute Gasteiger partial charge is 0.0237 e. The number of hydrogen-bond donors (Lipinski definition) is 0. The van der Waals surface area contributed by atoms with Gasteiger partial charge in [0.05, 0.1) is 0 Å². The molecular formula is C14H19N. The van der Waals surface area contributed by atoms with Gasteiger partial charge in [0.25, 0.3) is 0 Å². The van der Waals surface area contributed by atoms with Gasteiger partial charge in [0.1, 0.15) is 0 Å². The molecule has 0 aliphatic carbocycles. The molecular weight excluding hydrogens is 182 g/mol. The lowest BCUT2D eigenvalue weighted by atomic mass is 10.0. The second kappa shape index (κ2) is 4.63. The van der Waals surface area contributed by atoms with E-state index in [1.165, 1.54) is 17.7 Å². The van der Waals surface area contributed by atoms with E-state index in [4.69, 9.17) is 0 Å². The van der Waals surface area contributed by atoms with Gasteiger partial charge in [0.15, 0.2) is 0 Å². The summed E-state index contributed by atoms with van der Waals surface area (Å²) in [6.45, 7) is 7.91. The van der Waals surface area contributed by atoms with E-state index in [9.17, 15) is 0 Å². The third kappa shape index (κ3) is 2.93. The van der Waals surface area contributed by atoms with Gasteiger partial charge in [-0.2, -0.15) is 0 Å². The first-order valence-corrected chi connectivity index (χ1v) is 5.67. The predicted octanol–water partition coefficient (Wildman–Crippen LogP) is 3.08. The van der Waals surface area contributed by atoms with Crippen molar-refractivity contribution in [1.82, 2.24) is 4.90 Å². The molecule has 1 heteroatoms. The van der Waals surface area contributed by atoms with Crippen molar-refractivity contribution in [2.75, 3.05) is 13.1 Å². The third-order valence-corrected chi connectivity index (χ3v) is 2.84. The van der Waals surface area contributed by atoms with Crippen molar-refractivity contribution in [2.45, 2.75) is 20.4 Å². The van der Waals surface area contributed by atoms with Crippen LogP contribution in [0.4, 0.5) is 0 Å². The summed E-state index contributed by atoms with van der Waals surface area (Å²) in [6, 6.07) is 10.7. The Hall–Kier alpha value is -1.08. The van der Waals surface area contributed by atoms with Gasteiger partial charge in [-0.15, -0.1) is 0 Å². The molecule has 0 fully saturated rings. The van der Waals surface area contributed by atoms with Gasteiger partial charge in [-0.1, -0.05) is 48.9 Å². The van der Waals surface area contributed by atoms with E-state index < -0.39 is 0 Å². The summed E-state index contributed by atoms with van der Waals surface area (Å²) in [7, 11) is 0. The summed E-state index contributed by atoms with van der Waals surface area (Å²) in [5.74, 6) is 0.697. The molecule has 0 saturated heterocycles. The fraction of sp³-hybridized carbons (Fsp3) is 0.429. The van der Waals surface area contributed by atoms with Crippen LogP contribution in [-0.4, -0.2) is 18.0 Å². The molecule has 0 bridgehead atoms. The van der Waals surface area contributed by atoms with Crippen LogP contribution in [0.15, 0.2) is 42.0 Å². The molecule has 0 N–H and O–H groups in total. The van der Waals surface area contributed by atoms with Gasteiger partial charge in [-0.05, 0) is 18.4 Å². The van der Waals surface area contributed by atoms with E-state index in [0.29, 0.717) is 5.92 Å². The van der Waals surface area contributed by atoms with E-state index in [1.54, 1.807) is 0 Å². The molecule has 1 atom stereocenters. The molecule has 1 heterocycles. The predicted molar refractivity (Wildman–Crippen MR) is 64.6 cm³/mol. The Labute approximate surface area is 92.4 Å². The van der Waals surface area contributed by atoms with Crippen molar-refractivity contribution in [3.63, 3.8) is 0 Å². The van der Waals surface area contributed by atoms with Crippen LogP contribution in [0.3, 0.4) is 0 Å². The topological polar surface area (TPSA) is 3.24 Å². The standard InChI is InChI=1S/C14H19N/c1-12-8-13(2)10-15(9-12)11-14-6-4-3-5-7-14/h3-8,12H,9-11H2,1-2H3. The molecule has 0 radical (unpaired) electrons. The van der Waals surface area contributed by atoms with E-state index in [-0.39, 0.29) is 0 Å². The van der Waals surface area contributed by atoms with Crippen LogP contribution in [-0.2, 0) is 6.54 Å². The maximum absolute atomic E-state index is 2.52. The maximum Gasteiger partial charge on any atom is 0.0237 e. The average Bonchev–Trinajstić information content (AvgIpc) is 2.17. The highest BCUT2D eigenvalue weighted by Crippen LogP contribution is 2.16. The van der Waals surface area contributed by atoms with E-state index in [0.717, 1.165) is 13.1 Å². The monoisotopic (exact) mass is 201 g/mol. The molecule has 2 rings (SSSR count). The second-order valence-corrected chi connectivity index (χ2v) is 4.65. The largest absolute Gasteiger partial charge is 0.295 e. The zero-order chi connectivity index (χ0) is 10.7. The van der Waals surface area contributed by atoms with Gasteiger partial charge in [0.2, 0.25) is 0 Å². The summed E-state index contributed by atoms with van der Waals surface area (Å²) < 4.78 is 0. The van der Waals surface area contributed by atoms with Crippen molar-refractivity contribution in [2.24, 2.45) is 5.92 Å². The summed E-state index contributed by atoms with van der Waals surface area (Å²) in [5.41, 5.74) is 2.92. The first kappa shape index (κ1) is 10.4. The molecule has 1 aliphatic heterocycles. The van der Waals surface area contributed by atoms with Crippen LogP contribution in [0, 0.1) is 5.92 Å². The molecule has 0 aromatic heterocycles. The highest BCUT2D eigenvalue weighted by Gasteiger charge is 2.14. The molecule has 0 amide bonds. The van der Waals surface area contributed by atoms with Crippen molar-refractivity contribution in [3.05, 3.63) is 47.5 Å². The summed E-state index contributed by atoms with van der Waals surface area (Å²) in [6.07, 6.45) is 2.39. The SMILES string of the molecule is CC1=CC(C)CN(Cc2ccccc2)C1. The lowest BCUT2D eigenvalue weighted by molar-refractivity contribution is 0.250.